The van der Waals surface area contributed by atoms with E-state index in [9.17, 15) is 24.3 Å². The van der Waals surface area contributed by atoms with Crippen LogP contribution in [0.4, 0.5) is 0 Å². The first-order valence-corrected chi connectivity index (χ1v) is 12.4. The maximum Gasteiger partial charge on any atom is 0.352 e. The molecular formula is C27H20BrN3O6. The predicted molar refractivity (Wildman–Crippen MR) is 137 cm³/mol. The molecule has 37 heavy (non-hydrogen) atoms. The maximum atomic E-state index is 13.7. The summed E-state index contributed by atoms with van der Waals surface area (Å²) < 4.78 is 9.23. The van der Waals surface area contributed by atoms with Crippen LogP contribution in [0.2, 0.25) is 0 Å². The molecule has 3 aromatic rings. The van der Waals surface area contributed by atoms with Crippen LogP contribution < -0.4 is 16.1 Å². The molecule has 0 fully saturated rings. The number of aromatic nitrogens is 3. The summed E-state index contributed by atoms with van der Waals surface area (Å²) in [5, 5.41) is 11.0. The van der Waals surface area contributed by atoms with Crippen molar-refractivity contribution in [3.8, 4) is 17.2 Å². The van der Waals surface area contributed by atoms with E-state index >= 15 is 0 Å². The number of methoxy groups -OCH3 is 1. The largest absolute Gasteiger partial charge is 0.504 e. The van der Waals surface area contributed by atoms with E-state index in [0.29, 0.717) is 16.8 Å². The molecule has 0 amide bonds. The highest BCUT2D eigenvalue weighted by Crippen LogP contribution is 2.52. The van der Waals surface area contributed by atoms with Crippen LogP contribution in [-0.4, -0.2) is 37.7 Å². The van der Waals surface area contributed by atoms with Crippen LogP contribution in [0.15, 0.2) is 91.5 Å². The molecule has 1 aromatic heterocycles. The van der Waals surface area contributed by atoms with Crippen molar-refractivity contribution in [3.05, 3.63) is 108 Å². The van der Waals surface area contributed by atoms with Gasteiger partial charge in [0.05, 0.1) is 29.9 Å². The summed E-state index contributed by atoms with van der Waals surface area (Å²) in [7, 11) is 1.42. The topological polar surface area (TPSA) is 113 Å². The number of fused-ring (bicyclic) bond motifs is 3. The van der Waals surface area contributed by atoms with Gasteiger partial charge in [0.15, 0.2) is 23.1 Å². The fourth-order valence-electron chi connectivity index (χ4n) is 5.57. The highest BCUT2D eigenvalue weighted by molar-refractivity contribution is 9.12. The van der Waals surface area contributed by atoms with Gasteiger partial charge in [-0.25, -0.2) is 23.5 Å². The summed E-state index contributed by atoms with van der Waals surface area (Å²) in [5.41, 5.74) is 0.914. The summed E-state index contributed by atoms with van der Waals surface area (Å²) in [4.78, 5) is 53.6. The Morgan fingerprint density at radius 1 is 1.00 bits per heavy atom. The number of Topliss-reactive ketones (excluding diaryl/α,β-unsaturated/α-hetero) is 1. The molecule has 0 spiro atoms. The lowest BCUT2D eigenvalue weighted by molar-refractivity contribution is -0.115. The van der Waals surface area contributed by atoms with Crippen LogP contribution in [-0.2, 0) is 16.1 Å². The lowest BCUT2D eigenvalue weighted by Gasteiger charge is -2.39. The summed E-state index contributed by atoms with van der Waals surface area (Å²) in [5.74, 6) is -1.47. The highest BCUT2D eigenvalue weighted by atomic mass is 79.9. The molecule has 9 nitrogen and oxygen atoms in total. The molecule has 0 unspecified atom stereocenters. The predicted octanol–water partition coefficient (Wildman–Crippen LogP) is 2.91. The molecule has 2 aliphatic carbocycles. The second-order valence-corrected chi connectivity index (χ2v) is 9.85. The van der Waals surface area contributed by atoms with Crippen LogP contribution in [0.25, 0.3) is 5.69 Å². The van der Waals surface area contributed by atoms with Crippen molar-refractivity contribution in [1.29, 1.82) is 0 Å². The number of nitrogens with zero attached hydrogens (tertiary/aromatic N) is 3. The second kappa shape index (κ2) is 8.45. The Kier molecular flexibility index (Phi) is 5.30. The van der Waals surface area contributed by atoms with Gasteiger partial charge in [0.25, 0.3) is 0 Å². The second-order valence-electron chi connectivity index (χ2n) is 9.00. The van der Waals surface area contributed by atoms with Crippen molar-refractivity contribution in [2.24, 2.45) is 0 Å². The Morgan fingerprint density at radius 2 is 1.76 bits per heavy atom. The number of rotatable bonds is 3. The number of halogens is 1. The SMILES string of the molecule is COc1cccc([C@H]2C3=CCn4c(=O)n(-c5ccccc5)c(=O)n4[C@@H]3CC3=C2C(=O)C=C(Br)C3=O)c1O. The zero-order chi connectivity index (χ0) is 26.0. The van der Waals surface area contributed by atoms with E-state index in [1.54, 1.807) is 54.6 Å². The number of carbonyl (C=O) groups is 2. The molecule has 2 heterocycles. The molecule has 0 saturated carbocycles. The van der Waals surface area contributed by atoms with Crippen LogP contribution in [0.5, 0.6) is 11.5 Å². The first-order valence-electron chi connectivity index (χ1n) is 11.6. The minimum absolute atomic E-state index is 0.0497. The number of para-hydroxylation sites is 2. The molecule has 0 saturated heterocycles. The number of aromatic hydroxyl groups is 1. The summed E-state index contributed by atoms with van der Waals surface area (Å²) in [6.45, 7) is 0.0885. The number of benzene rings is 2. The third-order valence-corrected chi connectivity index (χ3v) is 7.76. The van der Waals surface area contributed by atoms with Crippen LogP contribution >= 0.6 is 15.9 Å². The van der Waals surface area contributed by atoms with E-state index in [-0.39, 0.29) is 51.7 Å². The van der Waals surface area contributed by atoms with Gasteiger partial charge in [0.2, 0.25) is 0 Å². The quantitative estimate of drug-likeness (QED) is 0.388. The van der Waals surface area contributed by atoms with Crippen LogP contribution in [0, 0.1) is 0 Å². The molecule has 1 N–H and O–H groups in total. The first-order chi connectivity index (χ1) is 17.8. The minimum Gasteiger partial charge on any atom is -0.504 e. The molecule has 186 valence electrons. The van der Waals surface area contributed by atoms with E-state index in [4.69, 9.17) is 4.74 Å². The van der Waals surface area contributed by atoms with E-state index in [1.807, 2.05) is 0 Å². The Balaban J connectivity index is 1.61. The van der Waals surface area contributed by atoms with E-state index in [0.717, 1.165) is 4.57 Å². The van der Waals surface area contributed by atoms with Gasteiger partial charge in [0, 0.05) is 35.1 Å². The Labute approximate surface area is 218 Å². The van der Waals surface area contributed by atoms with Crippen molar-refractivity contribution in [1.82, 2.24) is 13.9 Å². The van der Waals surface area contributed by atoms with Crippen molar-refractivity contribution >= 4 is 27.5 Å². The monoisotopic (exact) mass is 561 g/mol. The third-order valence-electron chi connectivity index (χ3n) is 7.17. The van der Waals surface area contributed by atoms with Gasteiger partial charge in [-0.1, -0.05) is 36.4 Å². The average Bonchev–Trinajstić information content (AvgIpc) is 3.16. The highest BCUT2D eigenvalue weighted by Gasteiger charge is 2.45. The molecular weight excluding hydrogens is 542 g/mol. The normalized spacial score (nSPS) is 20.6. The fraction of sp³-hybridized carbons (Fsp3) is 0.185. The summed E-state index contributed by atoms with van der Waals surface area (Å²) >= 11 is 3.19. The standard InChI is InChI=1S/C27H20BrN3O6/c1-37-21-9-5-8-16(25(21)34)22-15-10-11-29-26(35)30(14-6-3-2-4-7-14)27(36)31(29)19(15)12-17-23(22)20(32)13-18(28)24(17)33/h2-10,13,19,22,34H,11-12H2,1H3/t19-,22-/m1/s1. The number of phenols is 1. The zero-order valence-electron chi connectivity index (χ0n) is 19.6. The number of ether oxygens (including phenoxy) is 1. The van der Waals surface area contributed by atoms with Gasteiger partial charge in [-0.3, -0.25) is 9.59 Å². The number of ketones is 2. The van der Waals surface area contributed by atoms with Gasteiger partial charge in [-0.2, -0.15) is 0 Å². The molecule has 6 rings (SSSR count). The number of hydrogen-bond donors (Lipinski definition) is 1. The van der Waals surface area contributed by atoms with E-state index in [2.05, 4.69) is 15.9 Å². The minimum atomic E-state index is -0.812. The van der Waals surface area contributed by atoms with Gasteiger partial charge < -0.3 is 9.84 Å². The van der Waals surface area contributed by atoms with Crippen molar-refractivity contribution in [2.75, 3.05) is 7.11 Å². The number of phenolic OH excluding ortho intramolecular Hbond substituents is 1. The van der Waals surface area contributed by atoms with Crippen molar-refractivity contribution < 1.29 is 19.4 Å². The Bertz CT molecular complexity index is 1720. The number of carbonyl (C=O) groups excluding carboxylic acids is 2. The third kappa shape index (κ3) is 3.28. The zero-order valence-corrected chi connectivity index (χ0v) is 21.1. The number of hydrogen-bond acceptors (Lipinski definition) is 6. The van der Waals surface area contributed by atoms with Gasteiger partial charge >= 0.3 is 11.4 Å². The molecule has 2 aromatic carbocycles. The lowest BCUT2D eigenvalue weighted by Crippen LogP contribution is -2.40. The van der Waals surface area contributed by atoms with Crippen LogP contribution in [0.1, 0.15) is 23.9 Å². The fourth-order valence-corrected chi connectivity index (χ4v) is 6.02. The van der Waals surface area contributed by atoms with Crippen LogP contribution in [0.3, 0.4) is 0 Å². The molecule has 2 atom stereocenters. The lowest BCUT2D eigenvalue weighted by atomic mass is 9.68. The van der Waals surface area contributed by atoms with Gasteiger partial charge in [0.1, 0.15) is 0 Å². The summed E-state index contributed by atoms with van der Waals surface area (Å²) in [6.07, 6.45) is 3.09. The average molecular weight is 562 g/mol. The summed E-state index contributed by atoms with van der Waals surface area (Å²) in [6, 6.07) is 12.8. The first kappa shape index (κ1) is 23.2. The van der Waals surface area contributed by atoms with Gasteiger partial charge in [-0.05, 0) is 39.7 Å². The Morgan fingerprint density at radius 3 is 2.49 bits per heavy atom. The molecule has 1 aliphatic heterocycles. The van der Waals surface area contributed by atoms with Crippen molar-refractivity contribution in [2.45, 2.75) is 24.9 Å². The van der Waals surface area contributed by atoms with E-state index < -0.39 is 23.3 Å². The van der Waals surface area contributed by atoms with E-state index in [1.165, 1.54) is 22.5 Å². The molecule has 10 heteroatoms. The molecule has 0 bridgehead atoms. The Hall–Kier alpha value is -4.18. The van der Waals surface area contributed by atoms with Crippen molar-refractivity contribution in [3.63, 3.8) is 0 Å². The molecule has 0 radical (unpaired) electrons. The maximum absolute atomic E-state index is 13.7. The smallest absolute Gasteiger partial charge is 0.352 e. The number of allylic oxidation sites excluding steroid dienone is 6. The molecule has 3 aliphatic rings. The van der Waals surface area contributed by atoms with Gasteiger partial charge in [-0.15, -0.1) is 0 Å².